The van der Waals surface area contributed by atoms with Gasteiger partial charge in [0.15, 0.2) is 0 Å². The van der Waals surface area contributed by atoms with Gasteiger partial charge in [-0.1, -0.05) is 12.1 Å². The molecule has 2 rings (SSSR count). The average Bonchev–Trinajstić information content (AvgIpc) is 3.01. The number of rotatable bonds is 5. The maximum atomic E-state index is 11.8. The summed E-state index contributed by atoms with van der Waals surface area (Å²) in [6.07, 6.45) is 4.39. The van der Waals surface area contributed by atoms with E-state index in [1.807, 2.05) is 32.0 Å². The van der Waals surface area contributed by atoms with Crippen molar-refractivity contribution in [2.45, 2.75) is 13.8 Å². The Hall–Kier alpha value is -2.82. The van der Waals surface area contributed by atoms with Gasteiger partial charge in [-0.2, -0.15) is 0 Å². The molecule has 0 aliphatic rings. The summed E-state index contributed by atoms with van der Waals surface area (Å²) >= 11 is 0. The summed E-state index contributed by atoms with van der Waals surface area (Å²) in [6, 6.07) is 9.15. The van der Waals surface area contributed by atoms with Crippen molar-refractivity contribution in [2.24, 2.45) is 0 Å². The number of furan rings is 1. The molecule has 2 amide bonds. The van der Waals surface area contributed by atoms with E-state index < -0.39 is 0 Å². The minimum atomic E-state index is -0.354. The highest BCUT2D eigenvalue weighted by molar-refractivity contribution is 5.98. The molecule has 1 aromatic carbocycles. The summed E-state index contributed by atoms with van der Waals surface area (Å²) in [5.41, 5.74) is 2.87. The van der Waals surface area contributed by atoms with Gasteiger partial charge in [0.05, 0.1) is 12.8 Å². The molecule has 5 heteroatoms. The normalized spacial score (nSPS) is 10.6. The van der Waals surface area contributed by atoms with Crippen molar-refractivity contribution in [3.05, 3.63) is 59.6 Å². The lowest BCUT2D eigenvalue weighted by Gasteiger charge is -2.10. The van der Waals surface area contributed by atoms with E-state index >= 15 is 0 Å². The van der Waals surface area contributed by atoms with Gasteiger partial charge in [-0.25, -0.2) is 0 Å². The minimum absolute atomic E-state index is 0.0886. The second kappa shape index (κ2) is 7.26. The van der Waals surface area contributed by atoms with Crippen LogP contribution >= 0.6 is 0 Å². The van der Waals surface area contributed by atoms with Crippen LogP contribution in [0.15, 0.2) is 47.1 Å². The molecule has 0 spiro atoms. The van der Waals surface area contributed by atoms with E-state index in [1.54, 1.807) is 12.1 Å². The molecule has 0 aliphatic carbocycles. The molecule has 114 valence electrons. The van der Waals surface area contributed by atoms with Gasteiger partial charge in [0.2, 0.25) is 11.8 Å². The number of aryl methyl sites for hydroxylation is 1. The summed E-state index contributed by atoms with van der Waals surface area (Å²) in [6.45, 7) is 3.83. The zero-order valence-electron chi connectivity index (χ0n) is 12.6. The molecule has 0 radical (unpaired) electrons. The van der Waals surface area contributed by atoms with Gasteiger partial charge in [0.25, 0.3) is 0 Å². The Morgan fingerprint density at radius 1 is 1.18 bits per heavy atom. The highest BCUT2D eigenvalue weighted by Crippen LogP contribution is 2.17. The molecule has 2 N–H and O–H groups in total. The molecule has 0 saturated carbocycles. The molecule has 2 aromatic rings. The van der Waals surface area contributed by atoms with E-state index in [0.717, 1.165) is 16.8 Å². The maximum absolute atomic E-state index is 11.8. The van der Waals surface area contributed by atoms with E-state index in [0.29, 0.717) is 5.76 Å². The van der Waals surface area contributed by atoms with Crippen molar-refractivity contribution < 1.29 is 14.0 Å². The zero-order valence-corrected chi connectivity index (χ0v) is 12.6. The van der Waals surface area contributed by atoms with Crippen LogP contribution in [0, 0.1) is 13.8 Å². The molecular formula is C17H18N2O3. The fourth-order valence-electron chi connectivity index (χ4n) is 1.85. The third-order valence-corrected chi connectivity index (χ3v) is 3.24. The summed E-state index contributed by atoms with van der Waals surface area (Å²) in [5.74, 6) is -0.0454. The standard InChI is InChI=1S/C17H18N2O3/c1-12-5-3-7-15(13(12)2)19-17(21)11-18-16(20)9-8-14-6-4-10-22-14/h3-10H,11H2,1-2H3,(H,18,20)(H,19,21). The van der Waals surface area contributed by atoms with Gasteiger partial charge in [0.1, 0.15) is 5.76 Å². The molecular weight excluding hydrogens is 280 g/mol. The largest absolute Gasteiger partial charge is 0.465 e. The molecule has 0 aliphatic heterocycles. The first-order valence-electron chi connectivity index (χ1n) is 6.92. The van der Waals surface area contributed by atoms with Crippen LogP contribution < -0.4 is 10.6 Å². The van der Waals surface area contributed by atoms with Crippen LogP contribution in [0.3, 0.4) is 0 Å². The number of nitrogens with one attached hydrogen (secondary N) is 2. The van der Waals surface area contributed by atoms with Gasteiger partial charge >= 0.3 is 0 Å². The number of anilines is 1. The average molecular weight is 298 g/mol. The Bertz CT molecular complexity index is 688. The Balaban J connectivity index is 1.82. The molecule has 5 nitrogen and oxygen atoms in total. The predicted octanol–water partition coefficient (Wildman–Crippen LogP) is 2.66. The zero-order chi connectivity index (χ0) is 15.9. The van der Waals surface area contributed by atoms with Crippen molar-refractivity contribution in [1.29, 1.82) is 0 Å². The SMILES string of the molecule is Cc1cccc(NC(=O)CNC(=O)C=Cc2ccco2)c1C. The summed E-state index contributed by atoms with van der Waals surface area (Å²) < 4.78 is 5.07. The number of carbonyl (C=O) groups is 2. The number of hydrogen-bond donors (Lipinski definition) is 2. The van der Waals surface area contributed by atoms with Crippen LogP contribution in [0.5, 0.6) is 0 Å². The van der Waals surface area contributed by atoms with Crippen LogP contribution in [0.25, 0.3) is 6.08 Å². The summed E-state index contributed by atoms with van der Waals surface area (Å²) in [7, 11) is 0. The lowest BCUT2D eigenvalue weighted by molar-refractivity contribution is -0.121. The summed E-state index contributed by atoms with van der Waals surface area (Å²) in [4.78, 5) is 23.4. The predicted molar refractivity (Wildman–Crippen MR) is 85.3 cm³/mol. The molecule has 1 aromatic heterocycles. The van der Waals surface area contributed by atoms with E-state index in [2.05, 4.69) is 10.6 Å². The number of carbonyl (C=O) groups excluding carboxylic acids is 2. The lowest BCUT2D eigenvalue weighted by atomic mass is 10.1. The molecule has 0 atom stereocenters. The Morgan fingerprint density at radius 3 is 2.73 bits per heavy atom. The molecule has 0 saturated heterocycles. The van der Waals surface area contributed by atoms with E-state index in [4.69, 9.17) is 4.42 Å². The Kier molecular flexibility index (Phi) is 5.14. The first-order chi connectivity index (χ1) is 10.6. The Labute approximate surface area is 129 Å². The van der Waals surface area contributed by atoms with E-state index in [9.17, 15) is 9.59 Å². The van der Waals surface area contributed by atoms with Gasteiger partial charge < -0.3 is 15.1 Å². The second-order valence-electron chi connectivity index (χ2n) is 4.86. The van der Waals surface area contributed by atoms with Gasteiger partial charge in [-0.15, -0.1) is 0 Å². The lowest BCUT2D eigenvalue weighted by Crippen LogP contribution is -2.31. The van der Waals surface area contributed by atoms with Gasteiger partial charge in [0, 0.05) is 11.8 Å². The van der Waals surface area contributed by atoms with Crippen molar-refractivity contribution in [3.63, 3.8) is 0 Å². The van der Waals surface area contributed by atoms with E-state index in [-0.39, 0.29) is 18.4 Å². The molecule has 0 bridgehead atoms. The maximum Gasteiger partial charge on any atom is 0.244 e. The number of hydrogen-bond acceptors (Lipinski definition) is 3. The minimum Gasteiger partial charge on any atom is -0.465 e. The monoisotopic (exact) mass is 298 g/mol. The van der Waals surface area contributed by atoms with Crippen LogP contribution in [0.1, 0.15) is 16.9 Å². The van der Waals surface area contributed by atoms with Gasteiger partial charge in [-0.3, -0.25) is 9.59 Å². The quantitative estimate of drug-likeness (QED) is 0.834. The van der Waals surface area contributed by atoms with Crippen molar-refractivity contribution in [3.8, 4) is 0 Å². The highest BCUT2D eigenvalue weighted by atomic mass is 16.3. The molecule has 1 heterocycles. The van der Waals surface area contributed by atoms with Crippen LogP contribution in [-0.4, -0.2) is 18.4 Å². The first-order valence-corrected chi connectivity index (χ1v) is 6.92. The van der Waals surface area contributed by atoms with Crippen molar-refractivity contribution >= 4 is 23.6 Å². The third-order valence-electron chi connectivity index (χ3n) is 3.24. The number of benzene rings is 1. The molecule has 0 unspecified atom stereocenters. The fraction of sp³-hybridized carbons (Fsp3) is 0.176. The Morgan fingerprint density at radius 2 is 2.00 bits per heavy atom. The van der Waals surface area contributed by atoms with Gasteiger partial charge in [-0.05, 0) is 49.2 Å². The number of amides is 2. The van der Waals surface area contributed by atoms with E-state index in [1.165, 1.54) is 18.4 Å². The van der Waals surface area contributed by atoms with Crippen molar-refractivity contribution in [2.75, 3.05) is 11.9 Å². The van der Waals surface area contributed by atoms with Crippen LogP contribution in [0.2, 0.25) is 0 Å². The van der Waals surface area contributed by atoms with Crippen LogP contribution in [0.4, 0.5) is 5.69 Å². The van der Waals surface area contributed by atoms with Crippen molar-refractivity contribution in [1.82, 2.24) is 5.32 Å². The van der Waals surface area contributed by atoms with Crippen LogP contribution in [-0.2, 0) is 9.59 Å². The second-order valence-corrected chi connectivity index (χ2v) is 4.86. The third kappa shape index (κ3) is 4.34. The summed E-state index contributed by atoms with van der Waals surface area (Å²) in [5, 5.41) is 5.30. The topological polar surface area (TPSA) is 71.3 Å². The highest BCUT2D eigenvalue weighted by Gasteiger charge is 2.06. The molecule has 22 heavy (non-hydrogen) atoms. The molecule has 0 fully saturated rings. The fourth-order valence-corrected chi connectivity index (χ4v) is 1.85. The first kappa shape index (κ1) is 15.6. The smallest absolute Gasteiger partial charge is 0.244 e.